The van der Waals surface area contributed by atoms with Crippen molar-refractivity contribution in [3.8, 4) is 0 Å². The van der Waals surface area contributed by atoms with Gasteiger partial charge in [0.05, 0.1) is 22.3 Å². The van der Waals surface area contributed by atoms with Crippen LogP contribution in [0.25, 0.3) is 0 Å². The van der Waals surface area contributed by atoms with E-state index >= 15 is 0 Å². The van der Waals surface area contributed by atoms with Crippen LogP contribution in [0.1, 0.15) is 30.0 Å². The molecule has 0 aliphatic carbocycles. The smallest absolute Gasteiger partial charge is 0.269 e. The maximum atomic E-state index is 13.1. The monoisotopic (exact) mass is 388 g/mol. The summed E-state index contributed by atoms with van der Waals surface area (Å²) in [6, 6.07) is 10.2. The minimum absolute atomic E-state index is 0.0530. The normalized spacial score (nSPS) is 17.8. The van der Waals surface area contributed by atoms with Crippen LogP contribution < -0.4 is 0 Å². The van der Waals surface area contributed by atoms with E-state index in [0.29, 0.717) is 5.56 Å². The van der Waals surface area contributed by atoms with Crippen LogP contribution in [-0.4, -0.2) is 29.3 Å². The average Bonchev–Trinajstić information content (AvgIpc) is 2.61. The second kappa shape index (κ2) is 6.92. The van der Waals surface area contributed by atoms with E-state index in [4.69, 9.17) is 0 Å². The number of nitrogens with zero attached hydrogens (tertiary/aromatic N) is 2. The molecule has 1 saturated heterocycles. The summed E-state index contributed by atoms with van der Waals surface area (Å²) in [6.07, 6.45) is -0.663. The van der Waals surface area contributed by atoms with E-state index in [0.717, 1.165) is 9.87 Å². The second-order valence-corrected chi connectivity index (χ2v) is 8.11. The van der Waals surface area contributed by atoms with Crippen LogP contribution in [0.15, 0.2) is 53.4 Å². The van der Waals surface area contributed by atoms with E-state index in [2.05, 4.69) is 0 Å². The fraction of sp³-hybridized carbons (Fsp3) is 0.222. The number of carbonyl (C=O) groups is 2. The summed E-state index contributed by atoms with van der Waals surface area (Å²) < 4.78 is 26.8. The molecule has 1 atom stereocenters. The molecular weight excluding hydrogens is 372 g/mol. The Balaban J connectivity index is 2.06. The molecule has 0 aromatic heterocycles. The lowest BCUT2D eigenvalue weighted by Crippen LogP contribution is -2.45. The number of nitro groups is 1. The van der Waals surface area contributed by atoms with Crippen LogP contribution >= 0.6 is 0 Å². The number of rotatable bonds is 4. The third-order valence-electron chi connectivity index (χ3n) is 4.36. The number of Topliss-reactive ketones (excluding diaryl/α,β-unsaturated/α-hetero) is 1. The summed E-state index contributed by atoms with van der Waals surface area (Å²) in [6.45, 7) is 1.81. The van der Waals surface area contributed by atoms with Crippen LogP contribution in [-0.2, 0) is 19.6 Å². The van der Waals surface area contributed by atoms with E-state index < -0.39 is 33.3 Å². The van der Waals surface area contributed by atoms with Gasteiger partial charge in [-0.1, -0.05) is 29.8 Å². The number of sulfonamides is 1. The molecule has 2 aromatic carbocycles. The Hall–Kier alpha value is -3.07. The summed E-state index contributed by atoms with van der Waals surface area (Å²) in [5.74, 6) is -1.19. The Morgan fingerprint density at radius 1 is 1.04 bits per heavy atom. The molecule has 2 aromatic rings. The zero-order chi connectivity index (χ0) is 19.8. The van der Waals surface area contributed by atoms with Gasteiger partial charge in [0.2, 0.25) is 5.91 Å². The first-order chi connectivity index (χ1) is 12.7. The fourth-order valence-corrected chi connectivity index (χ4v) is 4.56. The van der Waals surface area contributed by atoms with Gasteiger partial charge < -0.3 is 0 Å². The van der Waals surface area contributed by atoms with E-state index in [1.54, 1.807) is 19.1 Å². The van der Waals surface area contributed by atoms with Crippen molar-refractivity contribution in [3.05, 3.63) is 69.8 Å². The number of aryl methyl sites for hydroxylation is 1. The number of hydrogen-bond donors (Lipinski definition) is 0. The summed E-state index contributed by atoms with van der Waals surface area (Å²) in [5, 5.41) is 10.8. The van der Waals surface area contributed by atoms with Crippen molar-refractivity contribution < 1.29 is 22.9 Å². The molecule has 1 fully saturated rings. The van der Waals surface area contributed by atoms with E-state index in [-0.39, 0.29) is 22.8 Å². The molecule has 1 unspecified atom stereocenters. The quantitative estimate of drug-likeness (QED) is 0.452. The SMILES string of the molecule is Cc1ccc(S(=O)(=O)N2C(=O)CC(=O)CC2c2ccc([N+](=O)[O-])cc2)cc1. The van der Waals surface area contributed by atoms with Gasteiger partial charge in [0.15, 0.2) is 0 Å². The topological polar surface area (TPSA) is 115 Å². The highest BCUT2D eigenvalue weighted by molar-refractivity contribution is 7.89. The Morgan fingerprint density at radius 3 is 2.19 bits per heavy atom. The highest BCUT2D eigenvalue weighted by atomic mass is 32.2. The average molecular weight is 388 g/mol. The van der Waals surface area contributed by atoms with Crippen LogP contribution in [0.3, 0.4) is 0 Å². The maximum absolute atomic E-state index is 13.1. The molecule has 140 valence electrons. The van der Waals surface area contributed by atoms with Crippen molar-refractivity contribution in [2.75, 3.05) is 0 Å². The number of nitro benzene ring substituents is 1. The molecule has 27 heavy (non-hydrogen) atoms. The molecule has 1 amide bonds. The lowest BCUT2D eigenvalue weighted by molar-refractivity contribution is -0.384. The first-order valence-corrected chi connectivity index (χ1v) is 9.54. The van der Waals surface area contributed by atoms with Gasteiger partial charge in [-0.15, -0.1) is 0 Å². The van der Waals surface area contributed by atoms with Crippen molar-refractivity contribution in [1.29, 1.82) is 0 Å². The zero-order valence-electron chi connectivity index (χ0n) is 14.4. The van der Waals surface area contributed by atoms with Crippen molar-refractivity contribution in [2.45, 2.75) is 30.7 Å². The Bertz CT molecular complexity index is 1010. The van der Waals surface area contributed by atoms with Crippen molar-refractivity contribution in [2.24, 2.45) is 0 Å². The van der Waals surface area contributed by atoms with Crippen molar-refractivity contribution >= 4 is 27.4 Å². The van der Waals surface area contributed by atoms with Gasteiger partial charge in [0.1, 0.15) is 5.78 Å². The summed E-state index contributed by atoms with van der Waals surface area (Å²) in [4.78, 5) is 34.6. The van der Waals surface area contributed by atoms with Gasteiger partial charge >= 0.3 is 0 Å². The van der Waals surface area contributed by atoms with Gasteiger partial charge in [-0.3, -0.25) is 19.7 Å². The van der Waals surface area contributed by atoms with Gasteiger partial charge in [-0.25, -0.2) is 12.7 Å². The maximum Gasteiger partial charge on any atom is 0.269 e. The number of piperidine rings is 1. The molecule has 8 nitrogen and oxygen atoms in total. The highest BCUT2D eigenvalue weighted by Crippen LogP contribution is 2.35. The van der Waals surface area contributed by atoms with Crippen molar-refractivity contribution in [3.63, 3.8) is 0 Å². The predicted molar refractivity (Wildman–Crippen MR) is 95.3 cm³/mol. The molecule has 9 heteroatoms. The second-order valence-electron chi connectivity index (χ2n) is 6.29. The molecule has 0 radical (unpaired) electrons. The van der Waals surface area contributed by atoms with Gasteiger partial charge in [0, 0.05) is 18.6 Å². The van der Waals surface area contributed by atoms with Gasteiger partial charge in [-0.2, -0.15) is 0 Å². The third-order valence-corrected chi connectivity index (χ3v) is 6.21. The molecule has 0 spiro atoms. The van der Waals surface area contributed by atoms with Gasteiger partial charge in [0.25, 0.3) is 15.7 Å². The number of benzene rings is 2. The van der Waals surface area contributed by atoms with E-state index in [9.17, 15) is 28.1 Å². The Morgan fingerprint density at radius 2 is 1.63 bits per heavy atom. The Labute approximate surface area is 155 Å². The summed E-state index contributed by atoms with van der Waals surface area (Å²) >= 11 is 0. The standard InChI is InChI=1S/C18H16N2O6S/c1-12-2-8-16(9-3-12)27(25,26)19-17(10-15(21)11-18(19)22)13-4-6-14(7-5-13)20(23)24/h2-9,17H,10-11H2,1H3. The number of hydrogen-bond acceptors (Lipinski definition) is 6. The molecular formula is C18H16N2O6S. The third kappa shape index (κ3) is 3.59. The molecule has 1 aliphatic rings. The lowest BCUT2D eigenvalue weighted by Gasteiger charge is -2.34. The summed E-state index contributed by atoms with van der Waals surface area (Å²) in [5.41, 5.74) is 1.04. The predicted octanol–water partition coefficient (Wildman–Crippen LogP) is 2.52. The van der Waals surface area contributed by atoms with Crippen LogP contribution in [0, 0.1) is 17.0 Å². The molecule has 0 bridgehead atoms. The number of ketones is 1. The summed E-state index contributed by atoms with van der Waals surface area (Å²) in [7, 11) is -4.18. The Kier molecular flexibility index (Phi) is 4.79. The van der Waals surface area contributed by atoms with Crippen molar-refractivity contribution in [1.82, 2.24) is 4.31 Å². The fourth-order valence-electron chi connectivity index (χ4n) is 2.99. The van der Waals surface area contributed by atoms with E-state index in [1.807, 2.05) is 0 Å². The minimum atomic E-state index is -4.18. The number of non-ortho nitro benzene ring substituents is 1. The van der Waals surface area contributed by atoms with Crippen LogP contribution in [0.2, 0.25) is 0 Å². The molecule has 0 saturated carbocycles. The molecule has 3 rings (SSSR count). The van der Waals surface area contributed by atoms with Crippen LogP contribution in [0.5, 0.6) is 0 Å². The molecule has 0 N–H and O–H groups in total. The van der Waals surface area contributed by atoms with Gasteiger partial charge in [-0.05, 0) is 24.6 Å². The highest BCUT2D eigenvalue weighted by Gasteiger charge is 2.41. The minimum Gasteiger partial charge on any atom is -0.299 e. The zero-order valence-corrected chi connectivity index (χ0v) is 15.2. The lowest BCUT2D eigenvalue weighted by atomic mass is 9.96. The first-order valence-electron chi connectivity index (χ1n) is 8.10. The molecule has 1 heterocycles. The van der Waals surface area contributed by atoms with Crippen LogP contribution in [0.4, 0.5) is 5.69 Å². The molecule has 1 aliphatic heterocycles. The number of carbonyl (C=O) groups excluding carboxylic acids is 2. The largest absolute Gasteiger partial charge is 0.299 e. The first kappa shape index (κ1) is 18.7. The number of amides is 1. The van der Waals surface area contributed by atoms with E-state index in [1.165, 1.54) is 36.4 Å².